The second kappa shape index (κ2) is 12.5. The number of hydrogen-bond acceptors (Lipinski definition) is 7. The Hall–Kier alpha value is -3.88. The van der Waals surface area contributed by atoms with Crippen LogP contribution < -0.4 is 5.32 Å². The third kappa shape index (κ3) is 7.84. The van der Waals surface area contributed by atoms with Crippen LogP contribution in [0.2, 0.25) is 0 Å². The smallest absolute Gasteiger partial charge is 0.335 e. The monoisotopic (exact) mass is 488 g/mol. The van der Waals surface area contributed by atoms with E-state index in [0.717, 1.165) is 30.3 Å². The molecule has 4 aromatic rings. The lowest BCUT2D eigenvalue weighted by Gasteiger charge is -2.07. The summed E-state index contributed by atoms with van der Waals surface area (Å²) in [5, 5.41) is 11.8. The Balaban J connectivity index is 0.000000261. The van der Waals surface area contributed by atoms with Gasteiger partial charge in [0.15, 0.2) is 0 Å². The lowest BCUT2D eigenvalue weighted by atomic mass is 10.1. The van der Waals surface area contributed by atoms with Crippen LogP contribution in [0.3, 0.4) is 0 Å². The molecule has 0 saturated carbocycles. The van der Waals surface area contributed by atoms with Gasteiger partial charge in [0.25, 0.3) is 0 Å². The largest absolute Gasteiger partial charge is 0.478 e. The molecule has 0 aliphatic rings. The maximum absolute atomic E-state index is 10.3. The number of aromatic carboxylic acids is 1. The molecule has 4 rings (SSSR count). The van der Waals surface area contributed by atoms with Crippen molar-refractivity contribution >= 4 is 35.2 Å². The predicted octanol–water partition coefficient (Wildman–Crippen LogP) is 5.77. The van der Waals surface area contributed by atoms with Crippen LogP contribution in [0.5, 0.6) is 0 Å². The zero-order valence-electron chi connectivity index (χ0n) is 19.9. The molecule has 0 aliphatic heterocycles. The second-order valence-corrected chi connectivity index (χ2v) is 9.15. The average Bonchev–Trinajstić information content (AvgIpc) is 3.32. The van der Waals surface area contributed by atoms with Crippen molar-refractivity contribution in [1.82, 2.24) is 14.9 Å². The van der Waals surface area contributed by atoms with Gasteiger partial charge in [-0.05, 0) is 74.6 Å². The Labute approximate surface area is 209 Å². The van der Waals surface area contributed by atoms with Crippen LogP contribution in [0, 0.1) is 0 Å². The molecule has 35 heavy (non-hydrogen) atoms. The summed E-state index contributed by atoms with van der Waals surface area (Å²) in [6.07, 6.45) is 3.50. The number of thiophene rings is 1. The van der Waals surface area contributed by atoms with Gasteiger partial charge in [-0.1, -0.05) is 25.1 Å². The third-order valence-corrected chi connectivity index (χ3v) is 6.01. The van der Waals surface area contributed by atoms with E-state index in [1.54, 1.807) is 11.3 Å². The summed E-state index contributed by atoms with van der Waals surface area (Å²) < 4.78 is 0. The van der Waals surface area contributed by atoms with Crippen LogP contribution in [-0.4, -0.2) is 46.3 Å². The summed E-state index contributed by atoms with van der Waals surface area (Å²) in [4.78, 5) is 34.3. The van der Waals surface area contributed by atoms with Crippen molar-refractivity contribution in [2.75, 3.05) is 19.4 Å². The Morgan fingerprint density at radius 1 is 1.06 bits per heavy atom. The summed E-state index contributed by atoms with van der Waals surface area (Å²) >= 11 is 1.79. The normalized spacial score (nSPS) is 10.4. The number of nitrogens with zero attached hydrogens (tertiary/aromatic N) is 3. The van der Waals surface area contributed by atoms with E-state index in [4.69, 9.17) is 10.1 Å². The number of carboxylic acid groups (broad SMARTS) is 1. The van der Waals surface area contributed by atoms with E-state index in [1.165, 1.54) is 39.6 Å². The van der Waals surface area contributed by atoms with Crippen LogP contribution in [0.4, 0.5) is 11.6 Å². The molecular weight excluding hydrogens is 460 g/mol. The highest BCUT2D eigenvalue weighted by molar-refractivity contribution is 7.15. The van der Waals surface area contributed by atoms with Crippen molar-refractivity contribution in [2.45, 2.75) is 19.9 Å². The molecule has 2 N–H and O–H groups in total. The fourth-order valence-corrected chi connectivity index (χ4v) is 4.25. The number of nitrogens with one attached hydrogen (secondary N) is 1. The molecule has 0 aliphatic carbocycles. The molecule has 0 radical (unpaired) electrons. The lowest BCUT2D eigenvalue weighted by molar-refractivity contribution is 0.0696. The number of rotatable bonds is 8. The van der Waals surface area contributed by atoms with Crippen LogP contribution >= 0.6 is 11.3 Å². The molecule has 3 heterocycles. The molecule has 0 amide bonds. The highest BCUT2D eigenvalue weighted by Crippen LogP contribution is 2.28. The first-order chi connectivity index (χ1) is 16.9. The number of carbonyl (C=O) groups is 2. The SMILES string of the molecule is CCc1ccnc(Nc2cccc(-c3ccc(CN(C)C)s3)n2)c1.O=Cc1ccc(C(=O)O)cc1. The van der Waals surface area contributed by atoms with Gasteiger partial charge in [0, 0.05) is 23.2 Å². The van der Waals surface area contributed by atoms with E-state index < -0.39 is 5.97 Å². The van der Waals surface area contributed by atoms with Gasteiger partial charge in [0.1, 0.15) is 17.9 Å². The fourth-order valence-electron chi connectivity index (χ4n) is 3.15. The molecule has 8 heteroatoms. The number of benzene rings is 1. The number of carbonyl (C=O) groups excluding carboxylic acids is 1. The van der Waals surface area contributed by atoms with E-state index in [2.05, 4.69) is 54.4 Å². The van der Waals surface area contributed by atoms with Crippen LogP contribution in [0.25, 0.3) is 10.6 Å². The molecule has 180 valence electrons. The first-order valence-corrected chi connectivity index (χ1v) is 11.9. The van der Waals surface area contributed by atoms with Crippen molar-refractivity contribution in [1.29, 1.82) is 0 Å². The van der Waals surface area contributed by atoms with Gasteiger partial charge in [-0.3, -0.25) is 4.79 Å². The van der Waals surface area contributed by atoms with E-state index in [0.29, 0.717) is 11.8 Å². The number of aldehydes is 1. The number of aromatic nitrogens is 2. The van der Waals surface area contributed by atoms with Gasteiger partial charge in [0.05, 0.1) is 16.1 Å². The summed E-state index contributed by atoms with van der Waals surface area (Å²) in [5.74, 6) is 0.664. The molecule has 0 saturated heterocycles. The standard InChI is InChI=1S/C19H22N4S.C8H6O3/c1-4-14-10-11-20-19(12-14)22-18-7-5-6-16(21-18)17-9-8-15(24-17)13-23(2)3;9-5-6-1-3-7(4-2-6)8(10)11/h5-12H,4,13H2,1-3H3,(H,20,21,22);1-5H,(H,10,11). The zero-order valence-corrected chi connectivity index (χ0v) is 20.7. The number of anilines is 2. The first kappa shape index (κ1) is 25.7. The van der Waals surface area contributed by atoms with E-state index in [-0.39, 0.29) is 5.56 Å². The van der Waals surface area contributed by atoms with E-state index >= 15 is 0 Å². The Bertz CT molecular complexity index is 1270. The number of hydrogen-bond donors (Lipinski definition) is 2. The fraction of sp³-hybridized carbons (Fsp3) is 0.185. The van der Waals surface area contributed by atoms with Gasteiger partial charge >= 0.3 is 5.97 Å². The maximum atomic E-state index is 10.3. The summed E-state index contributed by atoms with van der Waals surface area (Å²) in [5.41, 5.74) is 2.92. The zero-order chi connectivity index (χ0) is 25.2. The minimum Gasteiger partial charge on any atom is -0.478 e. The van der Waals surface area contributed by atoms with Crippen molar-refractivity contribution in [3.05, 3.63) is 94.5 Å². The van der Waals surface area contributed by atoms with Crippen molar-refractivity contribution in [2.24, 2.45) is 0 Å². The van der Waals surface area contributed by atoms with Gasteiger partial charge in [-0.15, -0.1) is 11.3 Å². The van der Waals surface area contributed by atoms with Crippen LogP contribution in [0.15, 0.2) is 72.9 Å². The minimum atomic E-state index is -0.984. The lowest BCUT2D eigenvalue weighted by Crippen LogP contribution is -2.09. The molecule has 0 bridgehead atoms. The summed E-state index contributed by atoms with van der Waals surface area (Å²) in [6.45, 7) is 3.09. The van der Waals surface area contributed by atoms with Crippen LogP contribution in [-0.2, 0) is 13.0 Å². The van der Waals surface area contributed by atoms with Gasteiger partial charge in [-0.25, -0.2) is 14.8 Å². The third-order valence-electron chi connectivity index (χ3n) is 4.92. The van der Waals surface area contributed by atoms with Gasteiger partial charge in [0.2, 0.25) is 0 Å². The van der Waals surface area contributed by atoms with Crippen molar-refractivity contribution in [3.63, 3.8) is 0 Å². The summed E-state index contributed by atoms with van der Waals surface area (Å²) in [6, 6.07) is 20.2. The highest BCUT2D eigenvalue weighted by Gasteiger charge is 2.07. The maximum Gasteiger partial charge on any atom is 0.335 e. The first-order valence-electron chi connectivity index (χ1n) is 11.1. The second-order valence-electron chi connectivity index (χ2n) is 7.98. The number of carboxylic acids is 1. The Kier molecular flexibility index (Phi) is 9.23. The Morgan fingerprint density at radius 3 is 2.49 bits per heavy atom. The molecule has 3 aromatic heterocycles. The van der Waals surface area contributed by atoms with Gasteiger partial charge in [-0.2, -0.15) is 0 Å². The topological polar surface area (TPSA) is 95.4 Å². The predicted molar refractivity (Wildman–Crippen MR) is 141 cm³/mol. The molecule has 0 spiro atoms. The molecular formula is C27H28N4O3S. The van der Waals surface area contributed by atoms with E-state index in [1.807, 2.05) is 30.5 Å². The molecule has 1 aromatic carbocycles. The van der Waals surface area contributed by atoms with Crippen molar-refractivity contribution < 1.29 is 14.7 Å². The molecule has 7 nitrogen and oxygen atoms in total. The molecule has 0 atom stereocenters. The highest BCUT2D eigenvalue weighted by atomic mass is 32.1. The minimum absolute atomic E-state index is 0.190. The average molecular weight is 489 g/mol. The van der Waals surface area contributed by atoms with E-state index in [9.17, 15) is 9.59 Å². The quantitative estimate of drug-likeness (QED) is 0.304. The molecule has 0 fully saturated rings. The number of pyridine rings is 2. The molecule has 0 unspecified atom stereocenters. The summed E-state index contributed by atoms with van der Waals surface area (Å²) in [7, 11) is 4.17. The Morgan fingerprint density at radius 2 is 1.83 bits per heavy atom. The van der Waals surface area contributed by atoms with Crippen molar-refractivity contribution in [3.8, 4) is 10.6 Å². The van der Waals surface area contributed by atoms with Crippen LogP contribution in [0.1, 0.15) is 38.1 Å². The van der Waals surface area contributed by atoms with Gasteiger partial charge < -0.3 is 15.3 Å². The number of aryl methyl sites for hydroxylation is 1.